The monoisotopic (exact) mass is 346 g/mol. The molecule has 1 saturated heterocycles. The first kappa shape index (κ1) is 16.5. The largest absolute Gasteiger partial charge is 0.490 e. The van der Waals surface area contributed by atoms with Gasteiger partial charge in [0.05, 0.1) is 11.3 Å². The zero-order chi connectivity index (χ0) is 17.1. The number of amides is 1. The molecule has 126 valence electrons. The average molecular weight is 347 g/mol. The van der Waals surface area contributed by atoms with Gasteiger partial charge in [0, 0.05) is 37.2 Å². The van der Waals surface area contributed by atoms with Gasteiger partial charge in [-0.2, -0.15) is 0 Å². The number of nitrogens with two attached hydrogens (primary N) is 1. The van der Waals surface area contributed by atoms with Gasteiger partial charge >= 0.3 is 0 Å². The minimum atomic E-state index is -0.0579. The maximum Gasteiger partial charge on any atom is 0.257 e. The fraction of sp³-hybridized carbons (Fsp3) is 0.353. The molecule has 0 bridgehead atoms. The van der Waals surface area contributed by atoms with Crippen molar-refractivity contribution in [3.63, 3.8) is 0 Å². The standard InChI is InChI=1S/C17H19ClN4O2/c1-11-15(10-20-17(19)21-11)16(23)22-8-6-14(7-9-22)24-13-4-2-12(18)3-5-13/h2-5,10,14H,6-9H2,1H3,(H2,19,20,21). The Balaban J connectivity index is 1.58. The predicted octanol–water partition coefficient (Wildman–Crippen LogP) is 2.70. The molecule has 1 aromatic carbocycles. The second-order valence-electron chi connectivity index (χ2n) is 5.79. The van der Waals surface area contributed by atoms with Gasteiger partial charge in [-0.15, -0.1) is 0 Å². The van der Waals surface area contributed by atoms with E-state index in [0.717, 1.165) is 18.6 Å². The van der Waals surface area contributed by atoms with E-state index in [1.165, 1.54) is 6.20 Å². The minimum Gasteiger partial charge on any atom is -0.490 e. The molecule has 1 aliphatic rings. The zero-order valence-electron chi connectivity index (χ0n) is 13.4. The molecule has 0 saturated carbocycles. The molecule has 1 aromatic heterocycles. The van der Waals surface area contributed by atoms with E-state index in [0.29, 0.717) is 29.4 Å². The van der Waals surface area contributed by atoms with E-state index < -0.39 is 0 Å². The number of piperidine rings is 1. The molecule has 0 unspecified atom stereocenters. The van der Waals surface area contributed by atoms with Crippen LogP contribution < -0.4 is 10.5 Å². The number of nitrogen functional groups attached to an aromatic ring is 1. The van der Waals surface area contributed by atoms with Crippen molar-refractivity contribution in [3.8, 4) is 5.75 Å². The van der Waals surface area contributed by atoms with Crippen molar-refractivity contribution in [2.45, 2.75) is 25.9 Å². The molecule has 2 aromatic rings. The summed E-state index contributed by atoms with van der Waals surface area (Å²) in [6.45, 7) is 3.05. The maximum atomic E-state index is 12.6. The smallest absolute Gasteiger partial charge is 0.257 e. The van der Waals surface area contributed by atoms with Gasteiger partial charge in [0.2, 0.25) is 5.95 Å². The highest BCUT2D eigenvalue weighted by atomic mass is 35.5. The summed E-state index contributed by atoms with van der Waals surface area (Å²) < 4.78 is 5.95. The quantitative estimate of drug-likeness (QED) is 0.924. The van der Waals surface area contributed by atoms with Crippen molar-refractivity contribution in [2.75, 3.05) is 18.8 Å². The third-order valence-corrected chi connectivity index (χ3v) is 4.33. The lowest BCUT2D eigenvalue weighted by molar-refractivity contribution is 0.0594. The molecule has 0 aliphatic carbocycles. The Kier molecular flexibility index (Phi) is 4.85. The van der Waals surface area contributed by atoms with Crippen LogP contribution in [0.2, 0.25) is 5.02 Å². The number of benzene rings is 1. The molecule has 3 rings (SSSR count). The predicted molar refractivity (Wildman–Crippen MR) is 92.2 cm³/mol. The van der Waals surface area contributed by atoms with Gasteiger partial charge in [0.15, 0.2) is 0 Å². The third kappa shape index (κ3) is 3.76. The molecule has 2 heterocycles. The molecule has 1 aliphatic heterocycles. The Morgan fingerprint density at radius 2 is 1.96 bits per heavy atom. The number of hydrogen-bond acceptors (Lipinski definition) is 5. The second kappa shape index (κ2) is 7.05. The number of halogens is 1. The van der Waals surface area contributed by atoms with Gasteiger partial charge in [-0.25, -0.2) is 9.97 Å². The fourth-order valence-corrected chi connectivity index (χ4v) is 2.87. The van der Waals surface area contributed by atoms with E-state index in [1.54, 1.807) is 19.1 Å². The number of hydrogen-bond donors (Lipinski definition) is 1. The van der Waals surface area contributed by atoms with Crippen LogP contribution in [0.3, 0.4) is 0 Å². The highest BCUT2D eigenvalue weighted by Crippen LogP contribution is 2.22. The number of nitrogens with zero attached hydrogens (tertiary/aromatic N) is 3. The highest BCUT2D eigenvalue weighted by molar-refractivity contribution is 6.30. The lowest BCUT2D eigenvalue weighted by Gasteiger charge is -2.32. The summed E-state index contributed by atoms with van der Waals surface area (Å²) in [6.07, 6.45) is 3.15. The Morgan fingerprint density at radius 1 is 1.29 bits per heavy atom. The highest BCUT2D eigenvalue weighted by Gasteiger charge is 2.26. The molecule has 2 N–H and O–H groups in total. The summed E-state index contributed by atoms with van der Waals surface area (Å²) >= 11 is 5.87. The van der Waals surface area contributed by atoms with Gasteiger partial charge in [-0.3, -0.25) is 4.79 Å². The molecule has 1 fully saturated rings. The van der Waals surface area contributed by atoms with E-state index in [4.69, 9.17) is 22.1 Å². The Labute approximate surface area is 145 Å². The number of rotatable bonds is 3. The molecule has 6 nitrogen and oxygen atoms in total. The maximum absolute atomic E-state index is 12.6. The van der Waals surface area contributed by atoms with Crippen molar-refractivity contribution in [1.82, 2.24) is 14.9 Å². The van der Waals surface area contributed by atoms with Crippen LogP contribution in [0.5, 0.6) is 5.75 Å². The number of likely N-dealkylation sites (tertiary alicyclic amines) is 1. The zero-order valence-corrected chi connectivity index (χ0v) is 14.2. The van der Waals surface area contributed by atoms with Crippen molar-refractivity contribution < 1.29 is 9.53 Å². The van der Waals surface area contributed by atoms with Crippen molar-refractivity contribution >= 4 is 23.5 Å². The van der Waals surface area contributed by atoms with E-state index >= 15 is 0 Å². The van der Waals surface area contributed by atoms with E-state index in [9.17, 15) is 4.79 Å². The van der Waals surface area contributed by atoms with Crippen LogP contribution in [0.15, 0.2) is 30.5 Å². The number of carbonyl (C=O) groups is 1. The number of aryl methyl sites for hydroxylation is 1. The second-order valence-corrected chi connectivity index (χ2v) is 6.23. The Bertz CT molecular complexity index is 728. The number of aromatic nitrogens is 2. The first-order valence-corrected chi connectivity index (χ1v) is 8.21. The van der Waals surface area contributed by atoms with Crippen LogP contribution in [0, 0.1) is 6.92 Å². The molecule has 0 radical (unpaired) electrons. The summed E-state index contributed by atoms with van der Waals surface area (Å²) in [5.74, 6) is 0.920. The molecule has 0 spiro atoms. The summed E-state index contributed by atoms with van der Waals surface area (Å²) in [7, 11) is 0. The lowest BCUT2D eigenvalue weighted by Crippen LogP contribution is -2.42. The van der Waals surface area contributed by atoms with Crippen LogP contribution in [0.1, 0.15) is 28.9 Å². The Hall–Kier alpha value is -2.34. The van der Waals surface area contributed by atoms with E-state index in [1.807, 2.05) is 17.0 Å². The molecule has 7 heteroatoms. The topological polar surface area (TPSA) is 81.3 Å². The van der Waals surface area contributed by atoms with Crippen LogP contribution in [0.25, 0.3) is 0 Å². The van der Waals surface area contributed by atoms with Gasteiger partial charge in [-0.1, -0.05) is 11.6 Å². The van der Waals surface area contributed by atoms with Crippen LogP contribution in [0.4, 0.5) is 5.95 Å². The summed E-state index contributed by atoms with van der Waals surface area (Å²) in [6, 6.07) is 7.32. The lowest BCUT2D eigenvalue weighted by atomic mass is 10.1. The number of carbonyl (C=O) groups excluding carboxylic acids is 1. The van der Waals surface area contributed by atoms with Gasteiger partial charge in [0.1, 0.15) is 11.9 Å². The van der Waals surface area contributed by atoms with Gasteiger partial charge in [-0.05, 0) is 31.2 Å². The molecule has 1 amide bonds. The van der Waals surface area contributed by atoms with Crippen molar-refractivity contribution in [2.24, 2.45) is 0 Å². The first-order valence-electron chi connectivity index (χ1n) is 7.83. The molecule has 24 heavy (non-hydrogen) atoms. The molecular formula is C17H19ClN4O2. The Morgan fingerprint density at radius 3 is 2.58 bits per heavy atom. The van der Waals surface area contributed by atoms with E-state index in [-0.39, 0.29) is 18.0 Å². The first-order chi connectivity index (χ1) is 11.5. The summed E-state index contributed by atoms with van der Waals surface area (Å²) in [5.41, 5.74) is 6.64. The summed E-state index contributed by atoms with van der Waals surface area (Å²) in [4.78, 5) is 22.4. The van der Waals surface area contributed by atoms with Crippen LogP contribution in [-0.2, 0) is 0 Å². The summed E-state index contributed by atoms with van der Waals surface area (Å²) in [5, 5.41) is 0.684. The average Bonchev–Trinajstić information content (AvgIpc) is 2.57. The molecule has 0 atom stereocenters. The van der Waals surface area contributed by atoms with Crippen LogP contribution >= 0.6 is 11.6 Å². The number of ether oxygens (including phenoxy) is 1. The van der Waals surface area contributed by atoms with Crippen LogP contribution in [-0.4, -0.2) is 40.0 Å². The van der Waals surface area contributed by atoms with Gasteiger partial charge in [0.25, 0.3) is 5.91 Å². The van der Waals surface area contributed by atoms with E-state index in [2.05, 4.69) is 9.97 Å². The SMILES string of the molecule is Cc1nc(N)ncc1C(=O)N1CCC(Oc2ccc(Cl)cc2)CC1. The van der Waals surface area contributed by atoms with Crippen molar-refractivity contribution in [1.29, 1.82) is 0 Å². The normalized spacial score (nSPS) is 15.3. The number of anilines is 1. The molecular weight excluding hydrogens is 328 g/mol. The minimum absolute atomic E-state index is 0.0579. The third-order valence-electron chi connectivity index (χ3n) is 4.07. The fourth-order valence-electron chi connectivity index (χ4n) is 2.75. The van der Waals surface area contributed by atoms with Crippen molar-refractivity contribution in [3.05, 3.63) is 46.7 Å². The van der Waals surface area contributed by atoms with Gasteiger partial charge < -0.3 is 15.4 Å².